The van der Waals surface area contributed by atoms with E-state index in [1.54, 1.807) is 0 Å². The average Bonchev–Trinajstić information content (AvgIpc) is 2.26. The van der Waals surface area contributed by atoms with Crippen LogP contribution in [-0.2, 0) is 6.18 Å². The second-order valence-electron chi connectivity index (χ2n) is 3.80. The van der Waals surface area contributed by atoms with Gasteiger partial charge in [0.1, 0.15) is 17.5 Å². The average molecular weight is 271 g/mol. The number of nitrogens with two attached hydrogens (primary N) is 1. The number of nitrogens with zero attached hydrogens (tertiary/aromatic N) is 1. The lowest BCUT2D eigenvalue weighted by Crippen LogP contribution is -2.08. The fraction of sp³-hybridized carbons (Fsp3) is 0.0833. The number of nitrogen functional groups attached to an aromatic ring is 1. The summed E-state index contributed by atoms with van der Waals surface area (Å²) in [4.78, 5) is 3.72. The number of anilines is 3. The van der Waals surface area contributed by atoms with E-state index in [0.29, 0.717) is 0 Å². The lowest BCUT2D eigenvalue weighted by Gasteiger charge is -2.11. The molecule has 2 aromatic rings. The molecule has 7 heteroatoms. The number of nitrogens with one attached hydrogen (secondary N) is 1. The highest BCUT2D eigenvalue weighted by atomic mass is 19.4. The molecule has 0 saturated heterocycles. The molecule has 0 aliphatic rings. The van der Waals surface area contributed by atoms with Crippen LogP contribution in [0.25, 0.3) is 0 Å². The maximum absolute atomic E-state index is 13.0. The Morgan fingerprint density at radius 2 is 1.84 bits per heavy atom. The van der Waals surface area contributed by atoms with E-state index < -0.39 is 17.6 Å². The molecule has 0 fully saturated rings. The third-order valence-electron chi connectivity index (χ3n) is 2.27. The van der Waals surface area contributed by atoms with Gasteiger partial charge in [0.25, 0.3) is 0 Å². The van der Waals surface area contributed by atoms with E-state index in [9.17, 15) is 17.6 Å². The first-order valence-corrected chi connectivity index (χ1v) is 5.22. The highest BCUT2D eigenvalue weighted by molar-refractivity contribution is 5.59. The molecule has 1 heterocycles. The van der Waals surface area contributed by atoms with E-state index in [1.807, 2.05) is 0 Å². The molecular formula is C12H9F4N3. The first kappa shape index (κ1) is 13.1. The van der Waals surface area contributed by atoms with Gasteiger partial charge in [-0.3, -0.25) is 0 Å². The Morgan fingerprint density at radius 1 is 1.11 bits per heavy atom. The lowest BCUT2D eigenvalue weighted by molar-refractivity contribution is -0.137. The highest BCUT2D eigenvalue weighted by Crippen LogP contribution is 2.32. The second-order valence-corrected chi connectivity index (χ2v) is 3.80. The van der Waals surface area contributed by atoms with E-state index >= 15 is 0 Å². The molecule has 0 aliphatic heterocycles. The monoisotopic (exact) mass is 271 g/mol. The van der Waals surface area contributed by atoms with Gasteiger partial charge >= 0.3 is 6.18 Å². The molecule has 0 unspecified atom stereocenters. The van der Waals surface area contributed by atoms with Crippen molar-refractivity contribution in [3.63, 3.8) is 0 Å². The fourth-order valence-corrected chi connectivity index (χ4v) is 1.49. The Balaban J connectivity index is 2.33. The molecule has 0 bridgehead atoms. The van der Waals surface area contributed by atoms with Gasteiger partial charge in [-0.05, 0) is 30.3 Å². The van der Waals surface area contributed by atoms with Gasteiger partial charge in [-0.1, -0.05) is 6.07 Å². The largest absolute Gasteiger partial charge is 0.416 e. The number of alkyl halides is 3. The Hall–Kier alpha value is -2.31. The maximum Gasteiger partial charge on any atom is 0.416 e. The summed E-state index contributed by atoms with van der Waals surface area (Å²) in [5, 5.41) is 2.57. The molecule has 0 amide bonds. The minimum atomic E-state index is -4.52. The van der Waals surface area contributed by atoms with Crippen LogP contribution in [0, 0.1) is 5.82 Å². The van der Waals surface area contributed by atoms with Gasteiger partial charge < -0.3 is 11.1 Å². The van der Waals surface area contributed by atoms with E-state index in [-0.39, 0.29) is 17.3 Å². The van der Waals surface area contributed by atoms with Gasteiger partial charge in [0, 0.05) is 5.69 Å². The smallest absolute Gasteiger partial charge is 0.384 e. The quantitative estimate of drug-likeness (QED) is 0.821. The van der Waals surface area contributed by atoms with Crippen molar-refractivity contribution in [1.82, 2.24) is 4.98 Å². The first-order chi connectivity index (χ1) is 8.84. The molecule has 3 N–H and O–H groups in total. The Morgan fingerprint density at radius 3 is 2.47 bits per heavy atom. The van der Waals surface area contributed by atoms with Crippen LogP contribution in [0.1, 0.15) is 5.56 Å². The molecule has 1 aromatic carbocycles. The normalized spacial score (nSPS) is 11.4. The molecule has 0 aliphatic carbocycles. The Labute approximate surface area is 106 Å². The van der Waals surface area contributed by atoms with E-state index in [0.717, 1.165) is 18.2 Å². The molecule has 2 rings (SSSR count). The van der Waals surface area contributed by atoms with Gasteiger partial charge in [-0.15, -0.1) is 0 Å². The fourth-order valence-electron chi connectivity index (χ4n) is 1.49. The third-order valence-corrected chi connectivity index (χ3v) is 2.27. The number of rotatable bonds is 2. The highest BCUT2D eigenvalue weighted by Gasteiger charge is 2.31. The minimum Gasteiger partial charge on any atom is -0.384 e. The molecule has 0 atom stereocenters. The molecule has 1 aromatic heterocycles. The van der Waals surface area contributed by atoms with E-state index in [2.05, 4.69) is 10.3 Å². The predicted octanol–water partition coefficient (Wildman–Crippen LogP) is 3.57. The molecule has 3 nitrogen and oxygen atoms in total. The SMILES string of the molecule is Nc1cc(C(F)(F)F)cc(Nc2cccc(F)c2)n1. The van der Waals surface area contributed by atoms with Crippen molar-refractivity contribution in [3.05, 3.63) is 47.8 Å². The van der Waals surface area contributed by atoms with Crippen LogP contribution in [0.3, 0.4) is 0 Å². The van der Waals surface area contributed by atoms with Gasteiger partial charge in [0.15, 0.2) is 0 Å². The van der Waals surface area contributed by atoms with Crippen LogP contribution >= 0.6 is 0 Å². The van der Waals surface area contributed by atoms with Crippen LogP contribution in [0.15, 0.2) is 36.4 Å². The number of hydrogen-bond acceptors (Lipinski definition) is 3. The standard InChI is InChI=1S/C12H9F4N3/c13-8-2-1-3-9(6-8)18-11-5-7(12(14,15)16)4-10(17)19-11/h1-6H,(H3,17,18,19). The summed E-state index contributed by atoms with van der Waals surface area (Å²) in [6.45, 7) is 0. The zero-order chi connectivity index (χ0) is 14.0. The predicted molar refractivity (Wildman–Crippen MR) is 63.3 cm³/mol. The van der Waals surface area contributed by atoms with Crippen molar-refractivity contribution in [1.29, 1.82) is 0 Å². The van der Waals surface area contributed by atoms with Crippen LogP contribution < -0.4 is 11.1 Å². The van der Waals surface area contributed by atoms with Crippen LogP contribution in [0.4, 0.5) is 34.9 Å². The van der Waals surface area contributed by atoms with Crippen molar-refractivity contribution in [2.75, 3.05) is 11.1 Å². The second kappa shape index (κ2) is 4.75. The molecule has 100 valence electrons. The molecular weight excluding hydrogens is 262 g/mol. The van der Waals surface area contributed by atoms with Gasteiger partial charge in [0.05, 0.1) is 5.56 Å². The molecule has 0 spiro atoms. The summed E-state index contributed by atoms with van der Waals surface area (Å²) in [5.41, 5.74) is 4.68. The zero-order valence-corrected chi connectivity index (χ0v) is 9.50. The van der Waals surface area contributed by atoms with Gasteiger partial charge in [-0.25, -0.2) is 9.37 Å². The summed E-state index contributed by atoms with van der Waals surface area (Å²) in [6.07, 6.45) is -4.52. The number of benzene rings is 1. The van der Waals surface area contributed by atoms with Crippen molar-refractivity contribution in [3.8, 4) is 0 Å². The van der Waals surface area contributed by atoms with E-state index in [4.69, 9.17) is 5.73 Å². The first-order valence-electron chi connectivity index (χ1n) is 5.22. The minimum absolute atomic E-state index is 0.0991. The molecule has 0 saturated carbocycles. The molecule has 19 heavy (non-hydrogen) atoms. The summed E-state index contributed by atoms with van der Waals surface area (Å²) < 4.78 is 50.7. The zero-order valence-electron chi connectivity index (χ0n) is 9.50. The number of aromatic nitrogens is 1. The van der Waals surface area contributed by atoms with Crippen molar-refractivity contribution < 1.29 is 17.6 Å². The number of halogens is 4. The van der Waals surface area contributed by atoms with Crippen LogP contribution in [-0.4, -0.2) is 4.98 Å². The van der Waals surface area contributed by atoms with Crippen LogP contribution in [0.2, 0.25) is 0 Å². The topological polar surface area (TPSA) is 50.9 Å². The molecule has 0 radical (unpaired) electrons. The van der Waals surface area contributed by atoms with E-state index in [1.165, 1.54) is 18.2 Å². The summed E-state index contributed by atoms with van der Waals surface area (Å²) in [5.74, 6) is -0.878. The Kier molecular flexibility index (Phi) is 3.28. The number of pyridine rings is 1. The maximum atomic E-state index is 13.0. The van der Waals surface area contributed by atoms with Gasteiger partial charge in [0.2, 0.25) is 0 Å². The van der Waals surface area contributed by atoms with Crippen molar-refractivity contribution in [2.24, 2.45) is 0 Å². The summed E-state index contributed by atoms with van der Waals surface area (Å²) >= 11 is 0. The summed E-state index contributed by atoms with van der Waals surface area (Å²) in [6, 6.07) is 6.82. The van der Waals surface area contributed by atoms with Crippen LogP contribution in [0.5, 0.6) is 0 Å². The van der Waals surface area contributed by atoms with Crippen molar-refractivity contribution in [2.45, 2.75) is 6.18 Å². The Bertz CT molecular complexity index is 596. The summed E-state index contributed by atoms with van der Waals surface area (Å²) in [7, 11) is 0. The lowest BCUT2D eigenvalue weighted by atomic mass is 10.2. The van der Waals surface area contributed by atoms with Crippen molar-refractivity contribution >= 4 is 17.3 Å². The van der Waals surface area contributed by atoms with Gasteiger partial charge in [-0.2, -0.15) is 13.2 Å². The number of hydrogen-bond donors (Lipinski definition) is 2. The third kappa shape index (κ3) is 3.34.